The fraction of sp³-hybridized carbons (Fsp3) is 0.455. The maximum Gasteiger partial charge on any atom is 0.151 e. The molecule has 4 heteroatoms. The lowest BCUT2D eigenvalue weighted by molar-refractivity contribution is -0.117. The minimum absolute atomic E-state index is 0.166. The van der Waals surface area contributed by atoms with Crippen molar-refractivity contribution < 1.29 is 9.53 Å². The monoisotopic (exact) mass is 208 g/mol. The third-order valence-electron chi connectivity index (χ3n) is 1.93. The Bertz CT molecular complexity index is 288. The molecule has 0 amide bonds. The Morgan fingerprint density at radius 3 is 3.13 bits per heavy atom. The van der Waals surface area contributed by atoms with E-state index in [0.717, 1.165) is 5.56 Å². The van der Waals surface area contributed by atoms with Crippen LogP contribution in [0.4, 0.5) is 0 Å². The molecular weight excluding hydrogens is 192 g/mol. The number of nitrogens with one attached hydrogen (secondary N) is 1. The molecule has 0 radical (unpaired) electrons. The van der Waals surface area contributed by atoms with Crippen molar-refractivity contribution in [1.29, 1.82) is 0 Å². The number of carbonyl (C=O) groups is 1. The summed E-state index contributed by atoms with van der Waals surface area (Å²) in [5.41, 5.74) is 0.955. The molecule has 1 heterocycles. The molecule has 0 aromatic carbocycles. The fourth-order valence-electron chi connectivity index (χ4n) is 1.19. The molecule has 4 nitrogen and oxygen atoms in total. The van der Waals surface area contributed by atoms with Crippen LogP contribution in [0.2, 0.25) is 0 Å². The third kappa shape index (κ3) is 5.24. The second-order valence-electron chi connectivity index (χ2n) is 3.25. The number of methoxy groups -OCH3 is 1. The first-order chi connectivity index (χ1) is 7.33. The number of hydrogen-bond acceptors (Lipinski definition) is 4. The second kappa shape index (κ2) is 7.09. The fourth-order valence-corrected chi connectivity index (χ4v) is 1.19. The van der Waals surface area contributed by atoms with E-state index in [2.05, 4.69) is 10.3 Å². The Labute approximate surface area is 89.7 Å². The molecule has 0 aliphatic carbocycles. The average Bonchev–Trinajstić information content (AvgIpc) is 2.26. The van der Waals surface area contributed by atoms with Crippen molar-refractivity contribution in [3.05, 3.63) is 30.1 Å². The van der Waals surface area contributed by atoms with E-state index in [1.165, 1.54) is 0 Å². The van der Waals surface area contributed by atoms with Crippen LogP contribution in [-0.4, -0.2) is 37.6 Å². The molecule has 1 rings (SSSR count). The number of hydrogen-bond donors (Lipinski definition) is 1. The summed E-state index contributed by atoms with van der Waals surface area (Å²) < 4.78 is 4.86. The molecule has 0 saturated heterocycles. The van der Waals surface area contributed by atoms with Crippen LogP contribution in [-0.2, 0) is 16.0 Å². The zero-order valence-electron chi connectivity index (χ0n) is 8.90. The van der Waals surface area contributed by atoms with Crippen LogP contribution in [0.5, 0.6) is 0 Å². The van der Waals surface area contributed by atoms with Crippen LogP contribution in [0.15, 0.2) is 24.5 Å². The van der Waals surface area contributed by atoms with Crippen LogP contribution in [0.25, 0.3) is 0 Å². The van der Waals surface area contributed by atoms with Gasteiger partial charge in [-0.3, -0.25) is 9.78 Å². The third-order valence-corrected chi connectivity index (χ3v) is 1.93. The summed E-state index contributed by atoms with van der Waals surface area (Å²) in [5.74, 6) is 0.166. The predicted molar refractivity (Wildman–Crippen MR) is 57.7 cm³/mol. The van der Waals surface area contributed by atoms with Crippen molar-refractivity contribution in [1.82, 2.24) is 10.3 Å². The van der Waals surface area contributed by atoms with Gasteiger partial charge >= 0.3 is 0 Å². The van der Waals surface area contributed by atoms with Crippen LogP contribution in [0.1, 0.15) is 5.56 Å². The molecule has 0 bridgehead atoms. The lowest BCUT2D eigenvalue weighted by Gasteiger charge is -2.03. The number of Topliss-reactive ketones (excluding diaryl/α,β-unsaturated/α-hetero) is 1. The molecule has 0 spiro atoms. The second-order valence-corrected chi connectivity index (χ2v) is 3.25. The summed E-state index contributed by atoms with van der Waals surface area (Å²) in [6.07, 6.45) is 3.85. The van der Waals surface area contributed by atoms with Crippen molar-refractivity contribution in [3.63, 3.8) is 0 Å². The maximum atomic E-state index is 11.4. The highest BCUT2D eigenvalue weighted by atomic mass is 16.5. The van der Waals surface area contributed by atoms with E-state index >= 15 is 0 Å². The molecule has 1 aromatic heterocycles. The van der Waals surface area contributed by atoms with Crippen molar-refractivity contribution in [3.8, 4) is 0 Å². The Morgan fingerprint density at radius 2 is 2.47 bits per heavy atom. The van der Waals surface area contributed by atoms with Crippen LogP contribution < -0.4 is 5.32 Å². The topological polar surface area (TPSA) is 51.2 Å². The molecule has 0 unspecified atom stereocenters. The number of aromatic nitrogens is 1. The Morgan fingerprint density at radius 1 is 1.60 bits per heavy atom. The van der Waals surface area contributed by atoms with Gasteiger partial charge in [-0.2, -0.15) is 0 Å². The smallest absolute Gasteiger partial charge is 0.151 e. The van der Waals surface area contributed by atoms with E-state index in [1.54, 1.807) is 19.5 Å². The van der Waals surface area contributed by atoms with Crippen LogP contribution >= 0.6 is 0 Å². The predicted octanol–water partition coefficient (Wildman–Crippen LogP) is 0.429. The summed E-state index contributed by atoms with van der Waals surface area (Å²) in [4.78, 5) is 15.4. The van der Waals surface area contributed by atoms with Gasteiger partial charge in [0.1, 0.15) is 0 Å². The van der Waals surface area contributed by atoms with Gasteiger partial charge in [0, 0.05) is 32.5 Å². The largest absolute Gasteiger partial charge is 0.383 e. The van der Waals surface area contributed by atoms with E-state index in [9.17, 15) is 4.79 Å². The highest BCUT2D eigenvalue weighted by Crippen LogP contribution is 1.96. The Balaban J connectivity index is 2.19. The van der Waals surface area contributed by atoms with E-state index in [0.29, 0.717) is 26.1 Å². The summed E-state index contributed by atoms with van der Waals surface area (Å²) in [6.45, 7) is 1.72. The van der Waals surface area contributed by atoms with Gasteiger partial charge in [0.25, 0.3) is 0 Å². The van der Waals surface area contributed by atoms with Crippen LogP contribution in [0, 0.1) is 0 Å². The molecule has 0 saturated carbocycles. The number of rotatable bonds is 7. The molecule has 0 aliphatic heterocycles. The molecule has 15 heavy (non-hydrogen) atoms. The Hall–Kier alpha value is -1.26. The normalized spacial score (nSPS) is 10.2. The zero-order chi connectivity index (χ0) is 10.9. The molecule has 1 aromatic rings. The molecule has 1 N–H and O–H groups in total. The van der Waals surface area contributed by atoms with E-state index in [4.69, 9.17) is 4.74 Å². The lowest BCUT2D eigenvalue weighted by Crippen LogP contribution is -2.27. The van der Waals surface area contributed by atoms with Gasteiger partial charge < -0.3 is 10.1 Å². The number of carbonyl (C=O) groups excluding carboxylic acids is 1. The van der Waals surface area contributed by atoms with Gasteiger partial charge in [-0.25, -0.2) is 0 Å². The van der Waals surface area contributed by atoms with Crippen molar-refractivity contribution >= 4 is 5.78 Å². The summed E-state index contributed by atoms with van der Waals surface area (Å²) in [7, 11) is 1.64. The number of ether oxygens (including phenoxy) is 1. The zero-order valence-corrected chi connectivity index (χ0v) is 8.90. The molecule has 0 aliphatic rings. The Kier molecular flexibility index (Phi) is 5.58. The number of nitrogens with zero attached hydrogens (tertiary/aromatic N) is 1. The average molecular weight is 208 g/mol. The highest BCUT2D eigenvalue weighted by molar-refractivity contribution is 5.82. The van der Waals surface area contributed by atoms with Gasteiger partial charge in [0.15, 0.2) is 5.78 Å². The summed E-state index contributed by atoms with van der Waals surface area (Å²) in [6, 6.07) is 3.74. The lowest BCUT2D eigenvalue weighted by atomic mass is 10.1. The van der Waals surface area contributed by atoms with Gasteiger partial charge in [-0.1, -0.05) is 6.07 Å². The van der Waals surface area contributed by atoms with Gasteiger partial charge in [-0.15, -0.1) is 0 Å². The molecular formula is C11H16N2O2. The SMILES string of the molecule is COCCNCC(=O)Cc1cccnc1. The van der Waals surface area contributed by atoms with E-state index in [-0.39, 0.29) is 5.78 Å². The van der Waals surface area contributed by atoms with E-state index in [1.807, 2.05) is 12.1 Å². The molecule has 82 valence electrons. The van der Waals surface area contributed by atoms with Crippen molar-refractivity contribution in [2.45, 2.75) is 6.42 Å². The van der Waals surface area contributed by atoms with Crippen molar-refractivity contribution in [2.75, 3.05) is 26.8 Å². The molecule has 0 fully saturated rings. The quantitative estimate of drug-likeness (QED) is 0.660. The first-order valence-corrected chi connectivity index (χ1v) is 4.93. The number of ketones is 1. The maximum absolute atomic E-state index is 11.4. The summed E-state index contributed by atoms with van der Waals surface area (Å²) in [5, 5.41) is 3.01. The van der Waals surface area contributed by atoms with Gasteiger partial charge in [0.2, 0.25) is 0 Å². The molecule has 0 atom stereocenters. The van der Waals surface area contributed by atoms with Crippen LogP contribution in [0.3, 0.4) is 0 Å². The highest BCUT2D eigenvalue weighted by Gasteiger charge is 2.02. The van der Waals surface area contributed by atoms with Gasteiger partial charge in [0.05, 0.1) is 13.2 Å². The minimum Gasteiger partial charge on any atom is -0.383 e. The number of pyridine rings is 1. The first kappa shape index (κ1) is 11.8. The van der Waals surface area contributed by atoms with Gasteiger partial charge in [-0.05, 0) is 11.6 Å². The van der Waals surface area contributed by atoms with E-state index < -0.39 is 0 Å². The van der Waals surface area contributed by atoms with Crippen molar-refractivity contribution in [2.24, 2.45) is 0 Å². The minimum atomic E-state index is 0.166. The summed E-state index contributed by atoms with van der Waals surface area (Å²) >= 11 is 0. The first-order valence-electron chi connectivity index (χ1n) is 4.93. The standard InChI is InChI=1S/C11H16N2O2/c1-15-6-5-13-9-11(14)7-10-3-2-4-12-8-10/h2-4,8,13H,5-7,9H2,1H3.